The van der Waals surface area contributed by atoms with Gasteiger partial charge in [-0.15, -0.1) is 0 Å². The summed E-state index contributed by atoms with van der Waals surface area (Å²) >= 11 is 0. The monoisotopic (exact) mass is 506 g/mol. The molecule has 2 aromatic rings. The molecule has 8 heteroatoms. The number of benzene rings is 2. The van der Waals surface area contributed by atoms with Crippen LogP contribution < -0.4 is 15.5 Å². The molecule has 2 aromatic carbocycles. The maximum atomic E-state index is 13.5. The maximum absolute atomic E-state index is 13.5. The topological polar surface area (TPSA) is 102 Å². The van der Waals surface area contributed by atoms with Gasteiger partial charge >= 0.3 is 6.09 Å². The quantitative estimate of drug-likeness (QED) is 0.455. The predicted octanol–water partition coefficient (Wildman–Crippen LogP) is 5.87. The zero-order valence-electron chi connectivity index (χ0n) is 22.3. The highest BCUT2D eigenvalue weighted by Gasteiger charge is 2.27. The van der Waals surface area contributed by atoms with E-state index in [1.165, 1.54) is 11.3 Å². The van der Waals surface area contributed by atoms with Crippen molar-refractivity contribution < 1.29 is 19.5 Å². The summed E-state index contributed by atoms with van der Waals surface area (Å²) < 4.78 is 0. The summed E-state index contributed by atoms with van der Waals surface area (Å²) in [6.07, 6.45) is 5.82. The van der Waals surface area contributed by atoms with Crippen LogP contribution in [-0.2, 0) is 17.8 Å². The maximum Gasteiger partial charge on any atom is 0.408 e. The van der Waals surface area contributed by atoms with Crippen LogP contribution in [0.25, 0.3) is 0 Å². The molecule has 1 aliphatic carbocycles. The van der Waals surface area contributed by atoms with Crippen molar-refractivity contribution in [3.63, 3.8) is 0 Å². The first-order valence-corrected chi connectivity index (χ1v) is 13.1. The zero-order chi connectivity index (χ0) is 26.7. The molecule has 3 N–H and O–H groups in total. The lowest BCUT2D eigenvalue weighted by atomic mass is 9.94. The van der Waals surface area contributed by atoms with Crippen LogP contribution in [-0.4, -0.2) is 46.5 Å². The van der Waals surface area contributed by atoms with Crippen molar-refractivity contribution in [1.29, 1.82) is 0 Å². The molecule has 198 valence electrons. The SMILES string of the molecule is CN1C(=O)CCc2ccc(NC(=O)c3ccc(CN(C(=O)O)C(C)(C)C)cc3NC3CCCCC3)cc21. The Balaban J connectivity index is 1.61. The smallest absolute Gasteiger partial charge is 0.408 e. The van der Waals surface area contributed by atoms with Crippen molar-refractivity contribution in [2.75, 3.05) is 22.6 Å². The molecule has 1 fully saturated rings. The van der Waals surface area contributed by atoms with E-state index in [-0.39, 0.29) is 24.4 Å². The van der Waals surface area contributed by atoms with Crippen LogP contribution in [0.3, 0.4) is 0 Å². The number of hydrogen-bond donors (Lipinski definition) is 3. The number of amides is 3. The number of nitrogens with zero attached hydrogens (tertiary/aromatic N) is 2. The number of aryl methyl sites for hydroxylation is 1. The Morgan fingerprint density at radius 3 is 2.46 bits per heavy atom. The van der Waals surface area contributed by atoms with Crippen LogP contribution in [0.5, 0.6) is 0 Å². The molecule has 3 amide bonds. The molecule has 4 rings (SSSR count). The van der Waals surface area contributed by atoms with Gasteiger partial charge in [0.15, 0.2) is 0 Å². The van der Waals surface area contributed by atoms with Crippen molar-refractivity contribution in [2.24, 2.45) is 0 Å². The summed E-state index contributed by atoms with van der Waals surface area (Å²) in [6.45, 7) is 5.83. The molecule has 0 radical (unpaired) electrons. The van der Waals surface area contributed by atoms with Gasteiger partial charge in [0, 0.05) is 48.7 Å². The molecular formula is C29H38N4O4. The summed E-state index contributed by atoms with van der Waals surface area (Å²) in [5.74, 6) is -0.184. The Hall–Kier alpha value is -3.55. The fraction of sp³-hybridized carbons (Fsp3) is 0.483. The van der Waals surface area contributed by atoms with Gasteiger partial charge in [-0.3, -0.25) is 14.5 Å². The highest BCUT2D eigenvalue weighted by Crippen LogP contribution is 2.31. The van der Waals surface area contributed by atoms with Gasteiger partial charge < -0.3 is 20.6 Å². The Kier molecular flexibility index (Phi) is 7.76. The van der Waals surface area contributed by atoms with E-state index < -0.39 is 11.6 Å². The second-order valence-corrected chi connectivity index (χ2v) is 11.1. The van der Waals surface area contributed by atoms with Crippen molar-refractivity contribution in [3.8, 4) is 0 Å². The Labute approximate surface area is 219 Å². The lowest BCUT2D eigenvalue weighted by Crippen LogP contribution is -2.44. The molecule has 0 atom stereocenters. The number of anilines is 3. The first-order valence-electron chi connectivity index (χ1n) is 13.1. The van der Waals surface area contributed by atoms with Crippen molar-refractivity contribution in [3.05, 3.63) is 53.1 Å². The van der Waals surface area contributed by atoms with E-state index in [1.54, 1.807) is 18.0 Å². The van der Waals surface area contributed by atoms with E-state index in [1.807, 2.05) is 51.1 Å². The second kappa shape index (κ2) is 10.8. The van der Waals surface area contributed by atoms with Crippen LogP contribution >= 0.6 is 0 Å². The molecule has 1 heterocycles. The number of fused-ring (bicyclic) bond motifs is 1. The molecular weight excluding hydrogens is 468 g/mol. The lowest BCUT2D eigenvalue weighted by Gasteiger charge is -2.33. The van der Waals surface area contributed by atoms with Crippen LogP contribution in [0.15, 0.2) is 36.4 Å². The number of rotatable bonds is 6. The van der Waals surface area contributed by atoms with Crippen LogP contribution in [0.2, 0.25) is 0 Å². The van der Waals surface area contributed by atoms with Gasteiger partial charge in [0.25, 0.3) is 5.91 Å². The summed E-state index contributed by atoms with van der Waals surface area (Å²) in [5.41, 5.74) is 4.02. The average molecular weight is 507 g/mol. The van der Waals surface area contributed by atoms with Gasteiger partial charge in [-0.1, -0.05) is 31.4 Å². The van der Waals surface area contributed by atoms with Gasteiger partial charge in [0.1, 0.15) is 0 Å². The van der Waals surface area contributed by atoms with E-state index in [2.05, 4.69) is 10.6 Å². The zero-order valence-corrected chi connectivity index (χ0v) is 22.3. The van der Waals surface area contributed by atoms with E-state index in [9.17, 15) is 19.5 Å². The molecule has 0 unspecified atom stereocenters. The van der Waals surface area contributed by atoms with Gasteiger partial charge in [-0.2, -0.15) is 0 Å². The van der Waals surface area contributed by atoms with Crippen LogP contribution in [0, 0.1) is 0 Å². The summed E-state index contributed by atoms with van der Waals surface area (Å²) in [6, 6.07) is 11.5. The minimum Gasteiger partial charge on any atom is -0.465 e. The lowest BCUT2D eigenvalue weighted by molar-refractivity contribution is -0.118. The molecule has 0 aromatic heterocycles. The third-order valence-electron chi connectivity index (χ3n) is 7.36. The van der Waals surface area contributed by atoms with Crippen molar-refractivity contribution >= 4 is 35.0 Å². The standard InChI is InChI=1S/C29H38N4O4/c1-29(2,3)33(28(36)37)18-19-10-14-23(24(16-19)30-21-8-6-5-7-9-21)27(35)31-22-13-11-20-12-15-26(34)32(4)25(20)17-22/h10-11,13-14,16-17,21,30H,5-9,12,15,18H2,1-4H3,(H,31,35)(H,36,37). The largest absolute Gasteiger partial charge is 0.465 e. The summed E-state index contributed by atoms with van der Waals surface area (Å²) in [5, 5.41) is 16.3. The fourth-order valence-electron chi connectivity index (χ4n) is 5.16. The fourth-order valence-corrected chi connectivity index (χ4v) is 5.16. The summed E-state index contributed by atoms with van der Waals surface area (Å²) in [7, 11) is 1.76. The highest BCUT2D eigenvalue weighted by atomic mass is 16.4. The first-order chi connectivity index (χ1) is 17.5. The van der Waals surface area contributed by atoms with Gasteiger partial charge in [0.05, 0.1) is 5.56 Å². The van der Waals surface area contributed by atoms with Gasteiger partial charge in [0.2, 0.25) is 5.91 Å². The predicted molar refractivity (Wildman–Crippen MR) is 146 cm³/mol. The number of hydrogen-bond acceptors (Lipinski definition) is 4. The molecule has 1 saturated carbocycles. The Morgan fingerprint density at radius 2 is 1.78 bits per heavy atom. The number of carbonyl (C=O) groups is 3. The Morgan fingerprint density at radius 1 is 1.05 bits per heavy atom. The average Bonchev–Trinajstić information content (AvgIpc) is 2.85. The van der Waals surface area contributed by atoms with Crippen molar-refractivity contribution in [1.82, 2.24) is 4.90 Å². The number of carbonyl (C=O) groups excluding carboxylic acids is 2. The highest BCUT2D eigenvalue weighted by molar-refractivity contribution is 6.08. The number of carboxylic acid groups (broad SMARTS) is 1. The third-order valence-corrected chi connectivity index (χ3v) is 7.36. The van der Waals surface area contributed by atoms with E-state index in [0.717, 1.165) is 42.5 Å². The molecule has 2 aliphatic rings. The van der Waals surface area contributed by atoms with E-state index in [4.69, 9.17) is 0 Å². The molecule has 0 saturated heterocycles. The molecule has 0 bridgehead atoms. The Bertz CT molecular complexity index is 1180. The van der Waals surface area contributed by atoms with Gasteiger partial charge in [-0.25, -0.2) is 4.79 Å². The number of nitrogens with one attached hydrogen (secondary N) is 2. The molecule has 0 spiro atoms. The van der Waals surface area contributed by atoms with E-state index >= 15 is 0 Å². The summed E-state index contributed by atoms with van der Waals surface area (Å²) in [4.78, 5) is 40.5. The molecule has 1 aliphatic heterocycles. The second-order valence-electron chi connectivity index (χ2n) is 11.1. The minimum atomic E-state index is -0.980. The first kappa shape index (κ1) is 26.5. The normalized spacial score (nSPS) is 16.2. The third kappa shape index (κ3) is 6.24. The van der Waals surface area contributed by atoms with Crippen molar-refractivity contribution in [2.45, 2.75) is 83.8 Å². The van der Waals surface area contributed by atoms with E-state index in [0.29, 0.717) is 29.8 Å². The van der Waals surface area contributed by atoms with Crippen LogP contribution in [0.4, 0.5) is 21.9 Å². The van der Waals surface area contributed by atoms with Crippen LogP contribution in [0.1, 0.15) is 80.8 Å². The minimum absolute atomic E-state index is 0.0659. The molecule has 37 heavy (non-hydrogen) atoms. The van der Waals surface area contributed by atoms with Gasteiger partial charge in [-0.05, 0) is 75.4 Å². The molecule has 8 nitrogen and oxygen atoms in total.